The predicted octanol–water partition coefficient (Wildman–Crippen LogP) is 5.06. The average Bonchev–Trinajstić information content (AvgIpc) is 3.03. The topological polar surface area (TPSA) is 66.9 Å². The Morgan fingerprint density at radius 1 is 1.28 bits per heavy atom. The predicted molar refractivity (Wildman–Crippen MR) is 106 cm³/mol. The Labute approximate surface area is 161 Å². The molecule has 1 fully saturated rings. The monoisotopic (exact) mass is 396 g/mol. The van der Waals surface area contributed by atoms with Gasteiger partial charge >= 0.3 is 0 Å². The molecule has 1 aliphatic carbocycles. The van der Waals surface area contributed by atoms with Crippen LogP contribution in [0.5, 0.6) is 0 Å². The normalized spacial score (nSPS) is 15.1. The second-order valence-corrected chi connectivity index (χ2v) is 8.77. The number of amides is 1. The Morgan fingerprint density at radius 2 is 2.12 bits per heavy atom. The molecular weight excluding hydrogens is 376 g/mol. The van der Waals surface area contributed by atoms with Crippen LogP contribution in [0.4, 0.5) is 10.8 Å². The number of halogens is 1. The zero-order valence-electron chi connectivity index (χ0n) is 13.8. The standard InChI is InChI=1S/C17H21ClN4OS2/c18-12-5-4-8-14(11-12)19-15(23)9-10-24-17-22-21-16(25-17)20-13-6-2-1-3-7-13/h4-5,8,11,13H,1-3,6-7,9-10H2,(H,19,23)(H,20,21). The highest BCUT2D eigenvalue weighted by molar-refractivity contribution is 8.01. The van der Waals surface area contributed by atoms with Gasteiger partial charge in [0.25, 0.3) is 0 Å². The molecule has 0 saturated heterocycles. The number of carbonyl (C=O) groups excluding carboxylic acids is 1. The second-order valence-electron chi connectivity index (χ2n) is 6.01. The molecule has 0 aliphatic heterocycles. The average molecular weight is 397 g/mol. The van der Waals surface area contributed by atoms with E-state index in [2.05, 4.69) is 20.8 Å². The van der Waals surface area contributed by atoms with E-state index in [1.807, 2.05) is 12.1 Å². The third-order valence-corrected chi connectivity index (χ3v) is 6.23. The van der Waals surface area contributed by atoms with Crippen LogP contribution in [0.3, 0.4) is 0 Å². The number of nitrogens with zero attached hydrogens (tertiary/aromatic N) is 2. The van der Waals surface area contributed by atoms with Crippen LogP contribution in [0, 0.1) is 0 Å². The third kappa shape index (κ3) is 6.17. The first-order valence-corrected chi connectivity index (χ1v) is 10.7. The van der Waals surface area contributed by atoms with E-state index < -0.39 is 0 Å². The molecule has 1 saturated carbocycles. The highest BCUT2D eigenvalue weighted by atomic mass is 35.5. The fourth-order valence-corrected chi connectivity index (χ4v) is 4.80. The van der Waals surface area contributed by atoms with Crippen LogP contribution in [0.15, 0.2) is 28.6 Å². The van der Waals surface area contributed by atoms with E-state index in [1.54, 1.807) is 35.2 Å². The number of rotatable bonds is 7. The molecule has 0 bridgehead atoms. The summed E-state index contributed by atoms with van der Waals surface area (Å²) < 4.78 is 0.897. The fraction of sp³-hybridized carbons (Fsp3) is 0.471. The maximum Gasteiger partial charge on any atom is 0.225 e. The van der Waals surface area contributed by atoms with Gasteiger partial charge in [-0.3, -0.25) is 4.79 Å². The minimum absolute atomic E-state index is 0.0279. The summed E-state index contributed by atoms with van der Waals surface area (Å²) in [5.41, 5.74) is 0.720. The molecule has 0 radical (unpaired) electrons. The molecule has 1 aliphatic rings. The fourth-order valence-electron chi connectivity index (χ4n) is 2.77. The van der Waals surface area contributed by atoms with Crippen molar-refractivity contribution in [1.29, 1.82) is 0 Å². The van der Waals surface area contributed by atoms with Gasteiger partial charge in [-0.05, 0) is 31.0 Å². The number of aromatic nitrogens is 2. The largest absolute Gasteiger partial charge is 0.357 e. The van der Waals surface area contributed by atoms with Crippen molar-refractivity contribution in [3.63, 3.8) is 0 Å². The van der Waals surface area contributed by atoms with Crippen LogP contribution >= 0.6 is 34.7 Å². The summed E-state index contributed by atoms with van der Waals surface area (Å²) in [5.74, 6) is 0.643. The molecule has 0 atom stereocenters. The lowest BCUT2D eigenvalue weighted by Crippen LogP contribution is -2.21. The van der Waals surface area contributed by atoms with Gasteiger partial charge in [-0.15, -0.1) is 10.2 Å². The minimum Gasteiger partial charge on any atom is -0.357 e. The van der Waals surface area contributed by atoms with Crippen molar-refractivity contribution >= 4 is 51.4 Å². The Balaban J connectivity index is 1.39. The molecule has 1 aromatic carbocycles. The van der Waals surface area contributed by atoms with Crippen LogP contribution in [-0.2, 0) is 4.79 Å². The summed E-state index contributed by atoms with van der Waals surface area (Å²) >= 11 is 9.04. The number of benzene rings is 1. The molecule has 1 heterocycles. The molecule has 0 unspecified atom stereocenters. The number of carbonyl (C=O) groups is 1. The van der Waals surface area contributed by atoms with Gasteiger partial charge in [0.05, 0.1) is 0 Å². The zero-order valence-corrected chi connectivity index (χ0v) is 16.2. The number of thioether (sulfide) groups is 1. The van der Waals surface area contributed by atoms with Gasteiger partial charge in [0, 0.05) is 28.9 Å². The molecule has 1 aromatic heterocycles. The van der Waals surface area contributed by atoms with Gasteiger partial charge in [-0.1, -0.05) is 60.0 Å². The van der Waals surface area contributed by atoms with Gasteiger partial charge in [0.2, 0.25) is 11.0 Å². The molecule has 1 amide bonds. The number of hydrogen-bond donors (Lipinski definition) is 2. The van der Waals surface area contributed by atoms with E-state index in [0.717, 1.165) is 15.2 Å². The Bertz CT molecular complexity index is 703. The van der Waals surface area contributed by atoms with E-state index >= 15 is 0 Å². The maximum absolute atomic E-state index is 12.0. The molecule has 3 rings (SSSR count). The van der Waals surface area contributed by atoms with Crippen molar-refractivity contribution < 1.29 is 4.79 Å². The molecule has 2 aromatic rings. The van der Waals surface area contributed by atoms with E-state index in [0.29, 0.717) is 23.2 Å². The van der Waals surface area contributed by atoms with Crippen molar-refractivity contribution in [3.8, 4) is 0 Å². The molecule has 5 nitrogen and oxygen atoms in total. The number of anilines is 2. The lowest BCUT2D eigenvalue weighted by molar-refractivity contribution is -0.115. The van der Waals surface area contributed by atoms with Crippen molar-refractivity contribution in [2.24, 2.45) is 0 Å². The molecule has 25 heavy (non-hydrogen) atoms. The quantitative estimate of drug-likeness (QED) is 0.640. The zero-order chi connectivity index (χ0) is 17.5. The number of nitrogens with one attached hydrogen (secondary N) is 2. The summed E-state index contributed by atoms with van der Waals surface area (Å²) in [7, 11) is 0. The first-order chi connectivity index (χ1) is 12.2. The van der Waals surface area contributed by atoms with Gasteiger partial charge in [-0.25, -0.2) is 0 Å². The molecule has 8 heteroatoms. The van der Waals surface area contributed by atoms with Crippen molar-refractivity contribution in [1.82, 2.24) is 10.2 Å². The van der Waals surface area contributed by atoms with E-state index in [4.69, 9.17) is 11.6 Å². The van der Waals surface area contributed by atoms with Gasteiger partial charge in [0.15, 0.2) is 4.34 Å². The van der Waals surface area contributed by atoms with Crippen LogP contribution in [0.25, 0.3) is 0 Å². The smallest absolute Gasteiger partial charge is 0.225 e. The SMILES string of the molecule is O=C(CCSc1nnc(NC2CCCCC2)s1)Nc1cccc(Cl)c1. The van der Waals surface area contributed by atoms with E-state index in [1.165, 1.54) is 32.1 Å². The second kappa shape index (κ2) is 9.40. The van der Waals surface area contributed by atoms with E-state index in [9.17, 15) is 4.79 Å². The summed E-state index contributed by atoms with van der Waals surface area (Å²) in [6.07, 6.45) is 6.77. The van der Waals surface area contributed by atoms with Crippen LogP contribution < -0.4 is 10.6 Å². The maximum atomic E-state index is 12.0. The first kappa shape index (κ1) is 18.5. The Kier molecular flexibility index (Phi) is 6.95. The molecule has 0 spiro atoms. The Morgan fingerprint density at radius 3 is 2.92 bits per heavy atom. The summed E-state index contributed by atoms with van der Waals surface area (Å²) in [5, 5.41) is 16.2. The number of hydrogen-bond acceptors (Lipinski definition) is 6. The third-order valence-electron chi connectivity index (χ3n) is 4.00. The van der Waals surface area contributed by atoms with Gasteiger partial charge in [-0.2, -0.15) is 0 Å². The minimum atomic E-state index is -0.0279. The van der Waals surface area contributed by atoms with Gasteiger partial charge in [0.1, 0.15) is 0 Å². The van der Waals surface area contributed by atoms with E-state index in [-0.39, 0.29) is 5.91 Å². The lowest BCUT2D eigenvalue weighted by Gasteiger charge is -2.21. The molecular formula is C17H21ClN4OS2. The first-order valence-electron chi connectivity index (χ1n) is 8.47. The van der Waals surface area contributed by atoms with Crippen molar-refractivity contribution in [3.05, 3.63) is 29.3 Å². The lowest BCUT2D eigenvalue weighted by atomic mass is 9.96. The highest BCUT2D eigenvalue weighted by Gasteiger charge is 2.15. The van der Waals surface area contributed by atoms with Crippen molar-refractivity contribution in [2.45, 2.75) is 48.9 Å². The van der Waals surface area contributed by atoms with Gasteiger partial charge < -0.3 is 10.6 Å². The van der Waals surface area contributed by atoms with Crippen LogP contribution in [0.2, 0.25) is 5.02 Å². The van der Waals surface area contributed by atoms with Crippen LogP contribution in [-0.4, -0.2) is 27.9 Å². The summed E-state index contributed by atoms with van der Waals surface area (Å²) in [4.78, 5) is 12.0. The summed E-state index contributed by atoms with van der Waals surface area (Å²) in [6, 6.07) is 7.69. The van der Waals surface area contributed by atoms with Crippen LogP contribution in [0.1, 0.15) is 38.5 Å². The molecule has 134 valence electrons. The Hall–Kier alpha value is -1.31. The van der Waals surface area contributed by atoms with Crippen molar-refractivity contribution in [2.75, 3.05) is 16.4 Å². The molecule has 2 N–H and O–H groups in total. The summed E-state index contributed by atoms with van der Waals surface area (Å²) in [6.45, 7) is 0. The highest BCUT2D eigenvalue weighted by Crippen LogP contribution is 2.28.